The number of nitrogens with one attached hydrogen (secondary N) is 1. The van der Waals surface area contributed by atoms with Gasteiger partial charge < -0.3 is 10.2 Å². The largest absolute Gasteiger partial charge is 0.383 e. The monoisotopic (exact) mass is 358 g/mol. The molecule has 1 heterocycles. The maximum Gasteiger partial charge on any atom is 0.283 e. The van der Waals surface area contributed by atoms with Gasteiger partial charge in [0.2, 0.25) is 0 Å². The fourth-order valence-electron chi connectivity index (χ4n) is 2.13. The third-order valence-corrected chi connectivity index (χ3v) is 4.15. The van der Waals surface area contributed by atoms with E-state index in [4.69, 9.17) is 0 Å². The van der Waals surface area contributed by atoms with Crippen LogP contribution < -0.4 is 10.9 Å². The van der Waals surface area contributed by atoms with Gasteiger partial charge in [0.05, 0.1) is 11.9 Å². The minimum absolute atomic E-state index is 0.0718. The minimum Gasteiger partial charge on any atom is -0.383 e. The van der Waals surface area contributed by atoms with Crippen molar-refractivity contribution < 1.29 is 0 Å². The first-order valence-corrected chi connectivity index (χ1v) is 8.50. The van der Waals surface area contributed by atoms with Crippen molar-refractivity contribution in [2.75, 3.05) is 31.5 Å². The van der Waals surface area contributed by atoms with Crippen molar-refractivity contribution in [2.24, 2.45) is 5.92 Å². The van der Waals surface area contributed by atoms with E-state index in [-0.39, 0.29) is 5.56 Å². The minimum atomic E-state index is -0.0718. The molecular formula is C15H27BrN4O. The summed E-state index contributed by atoms with van der Waals surface area (Å²) >= 11 is 3.38. The third kappa shape index (κ3) is 5.79. The van der Waals surface area contributed by atoms with Gasteiger partial charge in [0.15, 0.2) is 0 Å². The van der Waals surface area contributed by atoms with Crippen LogP contribution in [0.2, 0.25) is 0 Å². The van der Waals surface area contributed by atoms with Gasteiger partial charge in [0, 0.05) is 13.1 Å². The Morgan fingerprint density at radius 2 is 2.05 bits per heavy atom. The normalized spacial score (nSPS) is 11.4. The Morgan fingerprint density at radius 1 is 1.38 bits per heavy atom. The summed E-state index contributed by atoms with van der Waals surface area (Å²) in [5.74, 6) is 0.398. The molecule has 0 aliphatic heterocycles. The lowest BCUT2D eigenvalue weighted by molar-refractivity contribution is 0.303. The van der Waals surface area contributed by atoms with Gasteiger partial charge in [-0.15, -0.1) is 0 Å². The van der Waals surface area contributed by atoms with Crippen molar-refractivity contribution in [1.29, 1.82) is 0 Å². The molecule has 6 heteroatoms. The smallest absolute Gasteiger partial charge is 0.283 e. The van der Waals surface area contributed by atoms with Crippen LogP contribution in [-0.4, -0.2) is 40.9 Å². The average Bonchev–Trinajstić information content (AvgIpc) is 2.46. The second kappa shape index (κ2) is 9.20. The lowest BCUT2D eigenvalue weighted by Crippen LogP contribution is -2.27. The second-order valence-electron chi connectivity index (χ2n) is 5.56. The van der Waals surface area contributed by atoms with E-state index in [1.165, 1.54) is 4.68 Å². The zero-order valence-electron chi connectivity index (χ0n) is 13.5. The van der Waals surface area contributed by atoms with Crippen molar-refractivity contribution in [2.45, 2.75) is 40.7 Å². The summed E-state index contributed by atoms with van der Waals surface area (Å²) in [5, 5.41) is 7.52. The number of aromatic nitrogens is 2. The van der Waals surface area contributed by atoms with Crippen LogP contribution in [0.25, 0.3) is 0 Å². The molecule has 120 valence electrons. The van der Waals surface area contributed by atoms with Crippen LogP contribution in [-0.2, 0) is 6.54 Å². The quantitative estimate of drug-likeness (QED) is 0.689. The van der Waals surface area contributed by atoms with Gasteiger partial charge in [0.1, 0.15) is 4.47 Å². The highest BCUT2D eigenvalue weighted by Crippen LogP contribution is 2.16. The standard InChI is InChI=1S/C15H27BrN4O/c1-5-19(6-2)9-7-8-17-13-10-18-20(11-12(3)4)15(21)14(13)16/h10,12,17H,5-9,11H2,1-4H3. The van der Waals surface area contributed by atoms with E-state index in [1.54, 1.807) is 6.20 Å². The van der Waals surface area contributed by atoms with Crippen molar-refractivity contribution in [3.05, 3.63) is 21.0 Å². The first-order valence-electron chi connectivity index (χ1n) is 7.71. The molecule has 1 aromatic rings. The molecule has 0 spiro atoms. The predicted molar refractivity (Wildman–Crippen MR) is 91.9 cm³/mol. The van der Waals surface area contributed by atoms with Crippen molar-refractivity contribution >= 4 is 21.6 Å². The van der Waals surface area contributed by atoms with E-state index >= 15 is 0 Å². The highest BCUT2D eigenvalue weighted by molar-refractivity contribution is 9.10. The summed E-state index contributed by atoms with van der Waals surface area (Å²) in [6.45, 7) is 13.2. The molecule has 21 heavy (non-hydrogen) atoms. The first-order chi connectivity index (χ1) is 9.99. The van der Waals surface area contributed by atoms with Gasteiger partial charge in [-0.05, 0) is 47.9 Å². The van der Waals surface area contributed by atoms with Crippen molar-refractivity contribution in [3.8, 4) is 0 Å². The Balaban J connectivity index is 2.57. The summed E-state index contributed by atoms with van der Waals surface area (Å²) in [4.78, 5) is 14.5. The molecule has 0 amide bonds. The SMILES string of the molecule is CCN(CC)CCCNc1cnn(CC(C)C)c(=O)c1Br. The molecule has 0 saturated carbocycles. The van der Waals surface area contributed by atoms with Crippen LogP contribution in [0.1, 0.15) is 34.1 Å². The molecule has 0 saturated heterocycles. The van der Waals surface area contributed by atoms with E-state index in [1.807, 2.05) is 0 Å². The number of rotatable bonds is 9. The van der Waals surface area contributed by atoms with Gasteiger partial charge in [-0.25, -0.2) is 4.68 Å². The molecular weight excluding hydrogens is 332 g/mol. The van der Waals surface area contributed by atoms with Crippen LogP contribution >= 0.6 is 15.9 Å². The number of hydrogen-bond acceptors (Lipinski definition) is 4. The molecule has 0 aliphatic rings. The van der Waals surface area contributed by atoms with E-state index in [2.05, 4.69) is 58.9 Å². The highest BCUT2D eigenvalue weighted by Gasteiger charge is 2.09. The zero-order chi connectivity index (χ0) is 15.8. The number of hydrogen-bond donors (Lipinski definition) is 1. The molecule has 5 nitrogen and oxygen atoms in total. The number of anilines is 1. The van der Waals surface area contributed by atoms with E-state index in [0.717, 1.165) is 38.3 Å². The first kappa shape index (κ1) is 18.2. The summed E-state index contributed by atoms with van der Waals surface area (Å²) in [6.07, 6.45) is 2.77. The Hall–Kier alpha value is -0.880. The summed E-state index contributed by atoms with van der Waals surface area (Å²) in [5.41, 5.74) is 0.706. The summed E-state index contributed by atoms with van der Waals surface area (Å²) < 4.78 is 2.08. The molecule has 1 rings (SSSR count). The van der Waals surface area contributed by atoms with E-state index in [0.29, 0.717) is 16.9 Å². The van der Waals surface area contributed by atoms with Crippen LogP contribution in [0.5, 0.6) is 0 Å². The highest BCUT2D eigenvalue weighted by atomic mass is 79.9. The molecule has 0 aromatic carbocycles. The van der Waals surface area contributed by atoms with Crippen LogP contribution in [0, 0.1) is 5.92 Å². The summed E-state index contributed by atoms with van der Waals surface area (Å²) in [6, 6.07) is 0. The molecule has 0 aliphatic carbocycles. The van der Waals surface area contributed by atoms with Gasteiger partial charge >= 0.3 is 0 Å². The fourth-order valence-corrected chi connectivity index (χ4v) is 2.58. The number of nitrogens with zero attached hydrogens (tertiary/aromatic N) is 3. The zero-order valence-corrected chi connectivity index (χ0v) is 15.1. The topological polar surface area (TPSA) is 50.2 Å². The Labute approximate surface area is 135 Å². The molecule has 0 fully saturated rings. The fraction of sp³-hybridized carbons (Fsp3) is 0.733. The Bertz CT molecular complexity index is 483. The Kier molecular flexibility index (Phi) is 7.96. The molecule has 1 aromatic heterocycles. The van der Waals surface area contributed by atoms with E-state index in [9.17, 15) is 4.79 Å². The average molecular weight is 359 g/mol. The van der Waals surface area contributed by atoms with Crippen molar-refractivity contribution in [1.82, 2.24) is 14.7 Å². The van der Waals surface area contributed by atoms with E-state index < -0.39 is 0 Å². The van der Waals surface area contributed by atoms with Crippen LogP contribution in [0.4, 0.5) is 5.69 Å². The van der Waals surface area contributed by atoms with Gasteiger partial charge in [0.25, 0.3) is 5.56 Å². The predicted octanol–water partition coefficient (Wildman–Crippen LogP) is 2.81. The van der Waals surface area contributed by atoms with Crippen LogP contribution in [0.3, 0.4) is 0 Å². The molecule has 0 bridgehead atoms. The maximum absolute atomic E-state index is 12.2. The van der Waals surface area contributed by atoms with Gasteiger partial charge in [-0.1, -0.05) is 27.7 Å². The molecule has 0 atom stereocenters. The maximum atomic E-state index is 12.2. The number of halogens is 1. The molecule has 1 N–H and O–H groups in total. The molecule has 0 radical (unpaired) electrons. The molecule has 0 unspecified atom stereocenters. The lowest BCUT2D eigenvalue weighted by atomic mass is 10.2. The van der Waals surface area contributed by atoms with Crippen LogP contribution in [0.15, 0.2) is 15.5 Å². The van der Waals surface area contributed by atoms with Crippen molar-refractivity contribution in [3.63, 3.8) is 0 Å². The lowest BCUT2D eigenvalue weighted by Gasteiger charge is -2.18. The Morgan fingerprint density at radius 3 is 2.62 bits per heavy atom. The van der Waals surface area contributed by atoms with Gasteiger partial charge in [-0.2, -0.15) is 5.10 Å². The third-order valence-electron chi connectivity index (χ3n) is 3.38. The summed E-state index contributed by atoms with van der Waals surface area (Å²) in [7, 11) is 0. The van der Waals surface area contributed by atoms with Gasteiger partial charge in [-0.3, -0.25) is 4.79 Å². The second-order valence-corrected chi connectivity index (χ2v) is 6.35.